The number of aromatic nitrogens is 1. The molecular formula is C25H31N3O7S. The van der Waals surface area contributed by atoms with Crippen molar-refractivity contribution in [3.05, 3.63) is 54.2 Å². The third kappa shape index (κ3) is 5.58. The average molecular weight is 518 g/mol. The molecule has 0 aliphatic carbocycles. The molecule has 1 N–H and O–H groups in total. The normalized spacial score (nSPS) is 11.3. The number of carbonyl (C=O) groups excluding carboxylic acids is 1. The number of hydrogen-bond acceptors (Lipinski definition) is 8. The smallest absolute Gasteiger partial charge is 0.268 e. The molecule has 0 fully saturated rings. The Morgan fingerprint density at radius 1 is 0.917 bits per heavy atom. The van der Waals surface area contributed by atoms with E-state index in [0.29, 0.717) is 41.7 Å². The molecule has 2 aromatic carbocycles. The summed E-state index contributed by atoms with van der Waals surface area (Å²) in [5, 5.41) is 2.82. The van der Waals surface area contributed by atoms with Crippen molar-refractivity contribution in [1.82, 2.24) is 14.2 Å². The predicted octanol–water partition coefficient (Wildman–Crippen LogP) is 2.72. The summed E-state index contributed by atoms with van der Waals surface area (Å²) in [6.07, 6.45) is 1.31. The van der Waals surface area contributed by atoms with Gasteiger partial charge in [0.15, 0.2) is 11.5 Å². The van der Waals surface area contributed by atoms with Gasteiger partial charge in [-0.3, -0.25) is 4.79 Å². The highest BCUT2D eigenvalue weighted by molar-refractivity contribution is 7.90. The number of hydrogen-bond donors (Lipinski definition) is 1. The highest BCUT2D eigenvalue weighted by atomic mass is 32.2. The van der Waals surface area contributed by atoms with E-state index in [4.69, 9.17) is 18.9 Å². The quantitative estimate of drug-likeness (QED) is 0.414. The second-order valence-electron chi connectivity index (χ2n) is 8.06. The summed E-state index contributed by atoms with van der Waals surface area (Å²) in [7, 11) is 5.63. The van der Waals surface area contributed by atoms with Crippen LogP contribution in [0.15, 0.2) is 53.6 Å². The first-order chi connectivity index (χ1) is 17.2. The number of amides is 1. The number of ether oxygens (including phenoxy) is 4. The van der Waals surface area contributed by atoms with Gasteiger partial charge in [0.25, 0.3) is 15.9 Å². The molecule has 1 amide bonds. The lowest BCUT2D eigenvalue weighted by Gasteiger charge is -2.16. The first-order valence-corrected chi connectivity index (χ1v) is 12.5. The lowest BCUT2D eigenvalue weighted by atomic mass is 10.1. The van der Waals surface area contributed by atoms with E-state index in [1.54, 1.807) is 24.3 Å². The van der Waals surface area contributed by atoms with Crippen molar-refractivity contribution in [3.8, 4) is 34.3 Å². The standard InChI is InChI=1S/C25H31N3O7S/c1-27(2)12-11-26-25(29)18-13-21(17-14-22(33-4)24(35-6)23(15-17)34-5)28(16-18)36(30,31)20-9-7-19(32-3)8-10-20/h7-10,13-16H,11-12H2,1-6H3,(H,26,29). The molecule has 1 aromatic heterocycles. The molecular weight excluding hydrogens is 486 g/mol. The number of benzene rings is 2. The minimum atomic E-state index is -4.08. The molecule has 0 spiro atoms. The minimum absolute atomic E-state index is 0.0344. The third-order valence-electron chi connectivity index (χ3n) is 5.47. The summed E-state index contributed by atoms with van der Waals surface area (Å²) in [6.45, 7) is 1.04. The van der Waals surface area contributed by atoms with Gasteiger partial charge in [0, 0.05) is 24.8 Å². The molecule has 3 rings (SSSR count). The van der Waals surface area contributed by atoms with Crippen LogP contribution in [-0.4, -0.2) is 78.8 Å². The molecule has 3 aromatic rings. The Morgan fingerprint density at radius 2 is 1.53 bits per heavy atom. The van der Waals surface area contributed by atoms with Crippen molar-refractivity contribution < 1.29 is 32.2 Å². The fraction of sp³-hybridized carbons (Fsp3) is 0.320. The molecule has 0 saturated carbocycles. The van der Waals surface area contributed by atoms with E-state index in [1.807, 2.05) is 19.0 Å². The van der Waals surface area contributed by atoms with E-state index in [1.165, 1.54) is 52.8 Å². The molecule has 11 heteroatoms. The Morgan fingerprint density at radius 3 is 2.03 bits per heavy atom. The van der Waals surface area contributed by atoms with Crippen LogP contribution in [0.3, 0.4) is 0 Å². The van der Waals surface area contributed by atoms with E-state index in [0.717, 1.165) is 3.97 Å². The van der Waals surface area contributed by atoms with Gasteiger partial charge in [-0.15, -0.1) is 0 Å². The average Bonchev–Trinajstić information content (AvgIpc) is 3.34. The molecule has 0 atom stereocenters. The molecule has 0 aliphatic rings. The molecule has 36 heavy (non-hydrogen) atoms. The summed E-state index contributed by atoms with van der Waals surface area (Å²) in [5.41, 5.74) is 0.895. The lowest BCUT2D eigenvalue weighted by Crippen LogP contribution is -2.31. The molecule has 10 nitrogen and oxygen atoms in total. The summed E-state index contributed by atoms with van der Waals surface area (Å²) in [4.78, 5) is 14.9. The van der Waals surface area contributed by atoms with Crippen molar-refractivity contribution in [2.45, 2.75) is 4.90 Å². The van der Waals surface area contributed by atoms with E-state index in [-0.39, 0.29) is 16.2 Å². The van der Waals surface area contributed by atoms with Gasteiger partial charge < -0.3 is 29.2 Å². The van der Waals surface area contributed by atoms with Crippen LogP contribution in [0, 0.1) is 0 Å². The van der Waals surface area contributed by atoms with Gasteiger partial charge in [0.1, 0.15) is 5.75 Å². The fourth-order valence-electron chi connectivity index (χ4n) is 3.56. The second-order valence-corrected chi connectivity index (χ2v) is 9.88. The highest BCUT2D eigenvalue weighted by Crippen LogP contribution is 2.42. The first-order valence-electron chi connectivity index (χ1n) is 11.0. The number of nitrogens with one attached hydrogen (secondary N) is 1. The topological polar surface area (TPSA) is 108 Å². The van der Waals surface area contributed by atoms with Crippen molar-refractivity contribution in [3.63, 3.8) is 0 Å². The van der Waals surface area contributed by atoms with Crippen molar-refractivity contribution in [2.24, 2.45) is 0 Å². The highest BCUT2D eigenvalue weighted by Gasteiger charge is 2.25. The van der Waals surface area contributed by atoms with Crippen LogP contribution in [0.2, 0.25) is 0 Å². The van der Waals surface area contributed by atoms with Gasteiger partial charge in [-0.25, -0.2) is 12.4 Å². The number of carbonyl (C=O) groups is 1. The maximum atomic E-state index is 13.7. The van der Waals surface area contributed by atoms with Crippen LogP contribution in [0.5, 0.6) is 23.0 Å². The Hall–Kier alpha value is -3.70. The molecule has 0 aliphatic heterocycles. The van der Waals surface area contributed by atoms with Crippen molar-refractivity contribution >= 4 is 15.9 Å². The van der Waals surface area contributed by atoms with Crippen LogP contribution in [0.4, 0.5) is 0 Å². The van der Waals surface area contributed by atoms with Crippen LogP contribution in [0.1, 0.15) is 10.4 Å². The molecule has 194 valence electrons. The summed E-state index contributed by atoms with van der Waals surface area (Å²) < 4.78 is 49.9. The van der Waals surface area contributed by atoms with E-state index < -0.39 is 15.9 Å². The van der Waals surface area contributed by atoms with Gasteiger partial charge in [-0.1, -0.05) is 0 Å². The van der Waals surface area contributed by atoms with Gasteiger partial charge in [-0.2, -0.15) is 0 Å². The Labute approximate surface area is 211 Å². The lowest BCUT2D eigenvalue weighted by molar-refractivity contribution is 0.0951. The molecule has 0 bridgehead atoms. The Balaban J connectivity index is 2.18. The van der Waals surface area contributed by atoms with Gasteiger partial charge in [-0.05, 0) is 56.6 Å². The summed E-state index contributed by atoms with van der Waals surface area (Å²) in [6, 6.07) is 10.8. The Kier molecular flexibility index (Phi) is 8.49. The zero-order valence-electron chi connectivity index (χ0n) is 21.2. The number of likely N-dealkylation sites (N-methyl/N-ethyl adjacent to an activating group) is 1. The predicted molar refractivity (Wildman–Crippen MR) is 136 cm³/mol. The first kappa shape index (κ1) is 26.9. The maximum Gasteiger partial charge on any atom is 0.268 e. The summed E-state index contributed by atoms with van der Waals surface area (Å²) >= 11 is 0. The number of methoxy groups -OCH3 is 4. The fourth-order valence-corrected chi connectivity index (χ4v) is 4.94. The van der Waals surface area contributed by atoms with Crippen molar-refractivity contribution in [1.29, 1.82) is 0 Å². The molecule has 0 radical (unpaired) electrons. The van der Waals surface area contributed by atoms with Crippen molar-refractivity contribution in [2.75, 3.05) is 55.6 Å². The van der Waals surface area contributed by atoms with Crippen LogP contribution in [0.25, 0.3) is 11.3 Å². The maximum absolute atomic E-state index is 13.7. The van der Waals surface area contributed by atoms with E-state index in [2.05, 4.69) is 5.32 Å². The number of nitrogens with zero attached hydrogens (tertiary/aromatic N) is 2. The van der Waals surface area contributed by atoms with E-state index in [9.17, 15) is 13.2 Å². The van der Waals surface area contributed by atoms with Gasteiger partial charge in [0.05, 0.1) is 44.6 Å². The number of rotatable bonds is 11. The largest absolute Gasteiger partial charge is 0.497 e. The second kappa shape index (κ2) is 11.4. The van der Waals surface area contributed by atoms with Crippen LogP contribution < -0.4 is 24.3 Å². The van der Waals surface area contributed by atoms with Crippen LogP contribution in [-0.2, 0) is 10.0 Å². The van der Waals surface area contributed by atoms with Gasteiger partial charge >= 0.3 is 0 Å². The third-order valence-corrected chi connectivity index (χ3v) is 7.16. The minimum Gasteiger partial charge on any atom is -0.497 e. The molecule has 0 unspecified atom stereocenters. The molecule has 1 heterocycles. The monoisotopic (exact) mass is 517 g/mol. The van der Waals surface area contributed by atoms with Gasteiger partial charge in [0.2, 0.25) is 5.75 Å². The SMILES string of the molecule is COc1ccc(S(=O)(=O)n2cc(C(=O)NCCN(C)C)cc2-c2cc(OC)c(OC)c(OC)c2)cc1. The summed E-state index contributed by atoms with van der Waals surface area (Å²) in [5.74, 6) is 1.18. The van der Waals surface area contributed by atoms with E-state index >= 15 is 0 Å². The Bertz CT molecular complexity index is 1290. The zero-order valence-corrected chi connectivity index (χ0v) is 22.0. The van der Waals surface area contributed by atoms with Crippen LogP contribution >= 0.6 is 0 Å². The molecule has 0 saturated heterocycles. The zero-order chi connectivity index (χ0) is 26.5.